The number of benzene rings is 4. The molecule has 2 unspecified atom stereocenters. The highest BCUT2D eigenvalue weighted by molar-refractivity contribution is 6.06. The normalized spacial score (nSPS) is 25.3. The molecule has 4 aliphatic heterocycles. The minimum Gasteiger partial charge on any atom is -0.497 e. The highest BCUT2D eigenvalue weighted by Gasteiger charge is 2.46. The zero-order chi connectivity index (χ0) is 61.6. The zero-order valence-electron chi connectivity index (χ0n) is 50.8. The summed E-state index contributed by atoms with van der Waals surface area (Å²) in [7, 11) is 6.21. The summed E-state index contributed by atoms with van der Waals surface area (Å²) >= 11 is 0. The van der Waals surface area contributed by atoms with Crippen molar-refractivity contribution in [2.75, 3.05) is 33.8 Å². The molecule has 8 rings (SSSR count). The van der Waals surface area contributed by atoms with Crippen molar-refractivity contribution >= 4 is 41.8 Å². The quantitative estimate of drug-likeness (QED) is 0.0765. The highest BCUT2D eigenvalue weighted by Crippen LogP contribution is 2.38. The van der Waals surface area contributed by atoms with Gasteiger partial charge in [0, 0.05) is 18.9 Å². The Morgan fingerprint density at radius 1 is 0.576 bits per heavy atom. The lowest BCUT2D eigenvalue weighted by molar-refractivity contribution is -0.156. The number of carboxylic acids is 1. The first kappa shape index (κ1) is 65.0. The van der Waals surface area contributed by atoms with Gasteiger partial charge in [-0.25, -0.2) is 19.2 Å². The Morgan fingerprint density at radius 2 is 1.00 bits per heavy atom. The van der Waals surface area contributed by atoms with Gasteiger partial charge in [0.15, 0.2) is 11.6 Å². The number of ether oxygens (including phenoxy) is 13. The van der Waals surface area contributed by atoms with Crippen molar-refractivity contribution in [3.05, 3.63) is 148 Å². The number of rotatable bonds is 12. The molecule has 0 saturated carbocycles. The summed E-state index contributed by atoms with van der Waals surface area (Å²) in [5, 5.41) is 12.5. The summed E-state index contributed by atoms with van der Waals surface area (Å²) in [6.07, 6.45) is 12.5. The predicted molar refractivity (Wildman–Crippen MR) is 318 cm³/mol. The molecule has 19 heteroatoms. The maximum Gasteiger partial charge on any atom is 0.412 e. The van der Waals surface area contributed by atoms with Crippen LogP contribution in [0.4, 0.5) is 10.5 Å². The maximum absolute atomic E-state index is 13.6. The van der Waals surface area contributed by atoms with Crippen LogP contribution in [-0.4, -0.2) is 124 Å². The number of hydrogen-bond acceptors (Lipinski definition) is 17. The lowest BCUT2D eigenvalue weighted by Crippen LogP contribution is -2.36. The van der Waals surface area contributed by atoms with E-state index in [1.165, 1.54) is 20.3 Å². The number of aromatic carboxylic acids is 1. The van der Waals surface area contributed by atoms with Gasteiger partial charge < -0.3 is 66.7 Å². The topological polar surface area (TPSA) is 221 Å². The number of cyclic esters (lactones) is 2. The summed E-state index contributed by atoms with van der Waals surface area (Å²) in [6, 6.07) is 21.6. The minimum absolute atomic E-state index is 0.0291. The molecule has 0 aliphatic carbocycles. The van der Waals surface area contributed by atoms with Gasteiger partial charge in [0.25, 0.3) is 0 Å². The van der Waals surface area contributed by atoms with Crippen LogP contribution in [0.5, 0.6) is 23.0 Å². The summed E-state index contributed by atoms with van der Waals surface area (Å²) in [5.74, 6) is -1.92. The van der Waals surface area contributed by atoms with E-state index >= 15 is 0 Å². The van der Waals surface area contributed by atoms with E-state index in [0.29, 0.717) is 61.5 Å². The number of methoxy groups -OCH3 is 4. The van der Waals surface area contributed by atoms with E-state index < -0.39 is 77.8 Å². The predicted octanol–water partition coefficient (Wildman–Crippen LogP) is 12.5. The second kappa shape index (κ2) is 29.0. The van der Waals surface area contributed by atoms with Crippen molar-refractivity contribution in [2.24, 2.45) is 0 Å². The van der Waals surface area contributed by atoms with Crippen molar-refractivity contribution in [3.63, 3.8) is 0 Å². The van der Waals surface area contributed by atoms with Crippen LogP contribution in [0.3, 0.4) is 0 Å². The Labute approximate surface area is 498 Å². The summed E-state index contributed by atoms with van der Waals surface area (Å²) in [4.78, 5) is 51.6. The molecular weight excluding hydrogens is 1090 g/mol. The van der Waals surface area contributed by atoms with E-state index in [9.17, 15) is 24.3 Å². The number of esters is 2. The molecule has 458 valence electrons. The van der Waals surface area contributed by atoms with Gasteiger partial charge in [-0.2, -0.15) is 0 Å². The van der Waals surface area contributed by atoms with E-state index in [-0.39, 0.29) is 34.6 Å². The average Bonchev–Trinajstić information content (AvgIpc) is 4.17. The fourth-order valence-electron chi connectivity index (χ4n) is 9.95. The molecule has 0 spiro atoms. The first-order valence-corrected chi connectivity index (χ1v) is 28.3. The lowest BCUT2D eigenvalue weighted by atomic mass is 9.98. The van der Waals surface area contributed by atoms with Crippen molar-refractivity contribution in [3.8, 4) is 23.0 Å². The fourth-order valence-corrected chi connectivity index (χ4v) is 9.95. The molecule has 2 N–H and O–H groups in total. The highest BCUT2D eigenvalue weighted by atomic mass is 16.8. The van der Waals surface area contributed by atoms with Crippen molar-refractivity contribution in [1.29, 1.82) is 0 Å². The molecule has 0 aromatic heterocycles. The van der Waals surface area contributed by atoms with Gasteiger partial charge in [-0.3, -0.25) is 5.32 Å². The average molecular weight is 1180 g/mol. The number of fused-ring (bicyclic) bond motifs is 4. The molecule has 4 aliphatic rings. The van der Waals surface area contributed by atoms with Crippen molar-refractivity contribution < 1.29 is 85.9 Å². The smallest absolute Gasteiger partial charge is 0.412 e. The second-order valence-electron chi connectivity index (χ2n) is 22.8. The lowest BCUT2D eigenvalue weighted by Gasteiger charge is -2.25. The van der Waals surface area contributed by atoms with E-state index in [1.807, 2.05) is 120 Å². The van der Waals surface area contributed by atoms with Crippen LogP contribution in [-0.2, 0) is 55.8 Å². The molecule has 8 atom stereocenters. The van der Waals surface area contributed by atoms with Gasteiger partial charge in [0.2, 0.25) is 0 Å². The van der Waals surface area contributed by atoms with E-state index in [1.54, 1.807) is 72.3 Å². The summed E-state index contributed by atoms with van der Waals surface area (Å²) < 4.78 is 76.3. The van der Waals surface area contributed by atoms with Crippen LogP contribution in [0.15, 0.2) is 109 Å². The maximum atomic E-state index is 13.6. The molecule has 2 saturated heterocycles. The second-order valence-corrected chi connectivity index (χ2v) is 22.8. The minimum atomic E-state index is -1.25. The molecule has 0 radical (unpaired) electrons. The van der Waals surface area contributed by atoms with Crippen LogP contribution < -0.4 is 24.3 Å². The van der Waals surface area contributed by atoms with Crippen LogP contribution in [0.25, 0.3) is 12.2 Å². The zero-order valence-corrected chi connectivity index (χ0v) is 50.8. The largest absolute Gasteiger partial charge is 0.497 e. The van der Waals surface area contributed by atoms with E-state index in [2.05, 4.69) is 5.32 Å². The Morgan fingerprint density at radius 3 is 1.42 bits per heavy atom. The molecule has 4 aromatic carbocycles. The van der Waals surface area contributed by atoms with Crippen molar-refractivity contribution in [1.82, 2.24) is 0 Å². The molecule has 1 amide bonds. The SMILES string of the molecule is COc1ccc(COC2/C=C\C[C@H](C)OC(=O)c3c(cc(OC)cc3C(=O)O)/C=C/C[C@@H]3OC(C)(C)O[C@H]23)cc1.COc1ccc(COC2/C=C\C[C@H](C)OC(=O)c3c(cc(OC)cc3NC(=O)OC(C)(C)C)/C=C/C[C@@H]3OC(C)(C)O[C@H]23)cc1. The monoisotopic (exact) mass is 1180 g/mol. The van der Waals surface area contributed by atoms with Crippen LogP contribution in [0, 0.1) is 0 Å². The Balaban J connectivity index is 0.000000245. The van der Waals surface area contributed by atoms with Gasteiger partial charge in [-0.15, -0.1) is 0 Å². The van der Waals surface area contributed by atoms with Crippen LogP contribution in [0.1, 0.15) is 141 Å². The van der Waals surface area contributed by atoms with Crippen LogP contribution >= 0.6 is 0 Å². The number of carboxylic acid groups (broad SMARTS) is 1. The fraction of sp³-hybridized carbons (Fsp3) is 0.455. The molecule has 0 bridgehead atoms. The summed E-state index contributed by atoms with van der Waals surface area (Å²) in [6.45, 7) is 17.0. The Kier molecular flexibility index (Phi) is 22.2. The number of hydrogen-bond donors (Lipinski definition) is 2. The van der Waals surface area contributed by atoms with E-state index in [0.717, 1.165) is 22.6 Å². The van der Waals surface area contributed by atoms with Crippen molar-refractivity contribution in [2.45, 2.75) is 167 Å². The summed E-state index contributed by atoms with van der Waals surface area (Å²) in [5.41, 5.74) is 2.30. The number of anilines is 1. The van der Waals surface area contributed by atoms with E-state index in [4.69, 9.17) is 61.6 Å². The Hall–Kier alpha value is -7.52. The van der Waals surface area contributed by atoms with Gasteiger partial charge in [0.1, 0.15) is 65.2 Å². The third-order valence-electron chi connectivity index (χ3n) is 13.9. The van der Waals surface area contributed by atoms with Gasteiger partial charge in [-0.05, 0) is 140 Å². The van der Waals surface area contributed by atoms with Gasteiger partial charge >= 0.3 is 24.0 Å². The van der Waals surface area contributed by atoms with Gasteiger partial charge in [0.05, 0.1) is 76.2 Å². The molecule has 85 heavy (non-hydrogen) atoms. The number of carbonyl (C=O) groups excluding carboxylic acids is 3. The third kappa shape index (κ3) is 18.5. The van der Waals surface area contributed by atoms with Crippen LogP contribution in [0.2, 0.25) is 0 Å². The standard InChI is InChI=1S/C35H45NO9.C31H36O9/c1-22-11-9-13-28(41-21-23-15-17-25(39-7)18-16-23)31-29(43-35(5,6)44-31)14-10-12-24-19-26(40-8)20-27(30(24)32(37)42-22)36-33(38)45-34(2,3)4;1-19-8-6-10-25(37-18-20-12-14-22(35-4)15-13-20)28-26(39-31(2,3)40-28)11-7-9-21-16-23(36-5)17-24(29(32)33)27(21)30(34)38-19/h9-10,12-13,15-20,22,28-29,31H,11,14,21H2,1-8H3,(H,36,38);6-7,9-10,12-17,19,25-26,28H,8,11,18H2,1-5H3,(H,32,33)/b12-10+,13-9-;9-7+,10-6-/t22-,28?,29-,31+;19-,25?,26-,28+/m00/s1. The number of amides is 1. The Bertz CT molecular complexity index is 3060. The molecule has 4 heterocycles. The molecule has 19 nitrogen and oxygen atoms in total. The third-order valence-corrected chi connectivity index (χ3v) is 13.9. The number of carbonyl (C=O) groups is 4. The number of nitrogens with one attached hydrogen (secondary N) is 1. The van der Waals surface area contributed by atoms with Gasteiger partial charge in [-0.1, -0.05) is 72.9 Å². The molecule has 4 aromatic rings. The molecule has 2 fully saturated rings. The first-order chi connectivity index (χ1) is 40.4. The first-order valence-electron chi connectivity index (χ1n) is 28.3. The molecular formula is C66H81NO18.